The molecule has 3 unspecified atom stereocenters. The molecule has 0 aromatic heterocycles. The SMILES string of the molecule is CC1CC(C)C(C)N(c2cc(Cl)ccc2CNC2CC2)C1. The Hall–Kier alpha value is -0.730. The lowest BCUT2D eigenvalue weighted by atomic mass is 9.85. The van der Waals surface area contributed by atoms with Gasteiger partial charge in [-0.1, -0.05) is 31.5 Å². The highest BCUT2D eigenvalue weighted by Crippen LogP contribution is 2.35. The summed E-state index contributed by atoms with van der Waals surface area (Å²) in [6, 6.07) is 7.71. The number of piperidine rings is 1. The summed E-state index contributed by atoms with van der Waals surface area (Å²) in [7, 11) is 0. The fraction of sp³-hybridized carbons (Fsp3) is 0.667. The highest BCUT2D eigenvalue weighted by Gasteiger charge is 2.30. The van der Waals surface area contributed by atoms with Crippen molar-refractivity contribution in [3.63, 3.8) is 0 Å². The summed E-state index contributed by atoms with van der Waals surface area (Å²) in [5.74, 6) is 1.48. The predicted molar refractivity (Wildman–Crippen MR) is 91.1 cm³/mol. The Bertz CT molecular complexity index is 498. The second kappa shape index (κ2) is 6.18. The van der Waals surface area contributed by atoms with Gasteiger partial charge in [0.05, 0.1) is 0 Å². The van der Waals surface area contributed by atoms with Gasteiger partial charge in [0.25, 0.3) is 0 Å². The van der Waals surface area contributed by atoms with Crippen molar-refractivity contribution in [2.24, 2.45) is 11.8 Å². The van der Waals surface area contributed by atoms with Gasteiger partial charge < -0.3 is 10.2 Å². The third-order valence-electron chi connectivity index (χ3n) is 5.11. The first-order valence-corrected chi connectivity index (χ1v) is 8.71. The van der Waals surface area contributed by atoms with E-state index in [9.17, 15) is 0 Å². The molecular weight excluding hydrogens is 280 g/mol. The highest BCUT2D eigenvalue weighted by atomic mass is 35.5. The van der Waals surface area contributed by atoms with E-state index >= 15 is 0 Å². The first-order chi connectivity index (χ1) is 10.0. The van der Waals surface area contributed by atoms with Crippen LogP contribution < -0.4 is 10.2 Å². The number of halogens is 1. The van der Waals surface area contributed by atoms with Gasteiger partial charge in [-0.25, -0.2) is 0 Å². The smallest absolute Gasteiger partial charge is 0.0429 e. The third-order valence-corrected chi connectivity index (χ3v) is 5.35. The molecule has 2 fully saturated rings. The van der Waals surface area contributed by atoms with Gasteiger partial charge in [0.1, 0.15) is 0 Å². The summed E-state index contributed by atoms with van der Waals surface area (Å²) < 4.78 is 0. The van der Waals surface area contributed by atoms with Gasteiger partial charge in [-0.2, -0.15) is 0 Å². The van der Waals surface area contributed by atoms with Gasteiger partial charge in [-0.3, -0.25) is 0 Å². The third kappa shape index (κ3) is 3.54. The Kier molecular flexibility index (Phi) is 4.46. The maximum absolute atomic E-state index is 6.28. The van der Waals surface area contributed by atoms with Gasteiger partial charge in [0, 0.05) is 35.9 Å². The quantitative estimate of drug-likeness (QED) is 0.883. The molecule has 1 saturated carbocycles. The molecular formula is C18H27ClN2. The summed E-state index contributed by atoms with van der Waals surface area (Å²) >= 11 is 6.28. The minimum absolute atomic E-state index is 0.583. The van der Waals surface area contributed by atoms with E-state index in [4.69, 9.17) is 11.6 Å². The van der Waals surface area contributed by atoms with Crippen LogP contribution in [0.3, 0.4) is 0 Å². The van der Waals surface area contributed by atoms with E-state index in [1.165, 1.54) is 30.5 Å². The van der Waals surface area contributed by atoms with Crippen LogP contribution in [0.5, 0.6) is 0 Å². The van der Waals surface area contributed by atoms with Crippen LogP contribution in [0.15, 0.2) is 18.2 Å². The van der Waals surface area contributed by atoms with Crippen LogP contribution in [-0.2, 0) is 6.54 Å². The van der Waals surface area contributed by atoms with Crippen LogP contribution in [-0.4, -0.2) is 18.6 Å². The summed E-state index contributed by atoms with van der Waals surface area (Å²) in [5.41, 5.74) is 2.72. The van der Waals surface area contributed by atoms with Crippen LogP contribution in [0.25, 0.3) is 0 Å². The lowest BCUT2D eigenvalue weighted by Crippen LogP contribution is -2.46. The molecule has 1 N–H and O–H groups in total. The molecule has 2 nitrogen and oxygen atoms in total. The molecule has 0 bridgehead atoms. The van der Waals surface area contributed by atoms with E-state index in [1.54, 1.807) is 0 Å². The number of nitrogens with one attached hydrogen (secondary N) is 1. The van der Waals surface area contributed by atoms with Crippen LogP contribution in [0.1, 0.15) is 45.6 Å². The largest absolute Gasteiger partial charge is 0.368 e. The summed E-state index contributed by atoms with van der Waals surface area (Å²) in [6.45, 7) is 9.20. The molecule has 0 amide bonds. The topological polar surface area (TPSA) is 15.3 Å². The second-order valence-corrected chi connectivity index (χ2v) is 7.58. The molecule has 3 atom stereocenters. The monoisotopic (exact) mass is 306 g/mol. The zero-order chi connectivity index (χ0) is 15.0. The lowest BCUT2D eigenvalue weighted by molar-refractivity contribution is 0.296. The Balaban J connectivity index is 1.85. The van der Waals surface area contributed by atoms with E-state index < -0.39 is 0 Å². The summed E-state index contributed by atoms with van der Waals surface area (Å²) in [5, 5.41) is 4.48. The number of benzene rings is 1. The molecule has 3 rings (SSSR count). The average Bonchev–Trinajstić information content (AvgIpc) is 3.25. The second-order valence-electron chi connectivity index (χ2n) is 7.14. The minimum Gasteiger partial charge on any atom is -0.368 e. The number of rotatable bonds is 4. The van der Waals surface area contributed by atoms with E-state index in [0.717, 1.165) is 36.0 Å². The molecule has 1 aliphatic heterocycles. The summed E-state index contributed by atoms with van der Waals surface area (Å²) in [6.07, 6.45) is 3.99. The maximum atomic E-state index is 6.28. The molecule has 21 heavy (non-hydrogen) atoms. The Morgan fingerprint density at radius 3 is 2.71 bits per heavy atom. The van der Waals surface area contributed by atoms with E-state index in [-0.39, 0.29) is 0 Å². The van der Waals surface area contributed by atoms with Crippen molar-refractivity contribution in [2.75, 3.05) is 11.4 Å². The molecule has 1 heterocycles. The van der Waals surface area contributed by atoms with E-state index in [0.29, 0.717) is 6.04 Å². The van der Waals surface area contributed by atoms with Crippen molar-refractivity contribution in [3.05, 3.63) is 28.8 Å². The predicted octanol–water partition coefficient (Wildman–Crippen LogP) is 4.46. The van der Waals surface area contributed by atoms with Gasteiger partial charge >= 0.3 is 0 Å². The van der Waals surface area contributed by atoms with Crippen molar-refractivity contribution in [1.29, 1.82) is 0 Å². The zero-order valence-corrected chi connectivity index (χ0v) is 14.2. The Labute approximate surface area is 133 Å². The van der Waals surface area contributed by atoms with Crippen molar-refractivity contribution < 1.29 is 0 Å². The molecule has 3 heteroatoms. The van der Waals surface area contributed by atoms with Crippen molar-refractivity contribution in [2.45, 2.75) is 58.7 Å². The normalized spacial score (nSPS) is 29.7. The molecule has 1 saturated heterocycles. The molecule has 0 radical (unpaired) electrons. The molecule has 1 aliphatic carbocycles. The van der Waals surface area contributed by atoms with E-state index in [2.05, 4.69) is 43.1 Å². The van der Waals surface area contributed by atoms with E-state index in [1.807, 2.05) is 6.07 Å². The van der Waals surface area contributed by atoms with Crippen molar-refractivity contribution in [1.82, 2.24) is 5.32 Å². The molecule has 116 valence electrons. The first-order valence-electron chi connectivity index (χ1n) is 8.33. The Morgan fingerprint density at radius 1 is 1.24 bits per heavy atom. The summed E-state index contributed by atoms with van der Waals surface area (Å²) in [4.78, 5) is 2.58. The van der Waals surface area contributed by atoms with Gasteiger partial charge in [-0.05, 0) is 55.7 Å². The molecule has 1 aromatic rings. The number of anilines is 1. The van der Waals surface area contributed by atoms with Crippen LogP contribution in [0.4, 0.5) is 5.69 Å². The molecule has 1 aromatic carbocycles. The maximum Gasteiger partial charge on any atom is 0.0429 e. The standard InChI is InChI=1S/C18H27ClN2/c1-12-8-13(2)14(3)21(11-12)18-9-16(19)5-4-15(18)10-20-17-6-7-17/h4-5,9,12-14,17,20H,6-8,10-11H2,1-3H3. The van der Waals surface area contributed by atoms with Crippen LogP contribution >= 0.6 is 11.6 Å². The van der Waals surface area contributed by atoms with Crippen molar-refractivity contribution in [3.8, 4) is 0 Å². The minimum atomic E-state index is 0.583. The number of nitrogens with zero attached hydrogens (tertiary/aromatic N) is 1. The van der Waals surface area contributed by atoms with Crippen LogP contribution in [0, 0.1) is 11.8 Å². The van der Waals surface area contributed by atoms with Gasteiger partial charge in [-0.15, -0.1) is 0 Å². The lowest BCUT2D eigenvalue weighted by Gasteiger charge is -2.43. The fourth-order valence-electron chi connectivity index (χ4n) is 3.53. The molecule has 0 spiro atoms. The average molecular weight is 307 g/mol. The Morgan fingerprint density at radius 2 is 2.00 bits per heavy atom. The first kappa shape index (κ1) is 15.2. The zero-order valence-electron chi connectivity index (χ0n) is 13.4. The fourth-order valence-corrected chi connectivity index (χ4v) is 3.70. The highest BCUT2D eigenvalue weighted by molar-refractivity contribution is 6.30. The number of hydrogen-bond acceptors (Lipinski definition) is 2. The van der Waals surface area contributed by atoms with Crippen molar-refractivity contribution >= 4 is 17.3 Å². The molecule has 2 aliphatic rings. The van der Waals surface area contributed by atoms with Crippen LogP contribution in [0.2, 0.25) is 5.02 Å². The number of hydrogen-bond donors (Lipinski definition) is 1. The van der Waals surface area contributed by atoms with Gasteiger partial charge in [0.15, 0.2) is 0 Å². The van der Waals surface area contributed by atoms with Gasteiger partial charge in [0.2, 0.25) is 0 Å².